The second-order valence-corrected chi connectivity index (χ2v) is 6.14. The van der Waals surface area contributed by atoms with Crippen LogP contribution in [-0.4, -0.2) is 18.9 Å². The fraction of sp³-hybridized carbons (Fsp3) is 0.0476. The minimum Gasteiger partial charge on any atom is -0.496 e. The van der Waals surface area contributed by atoms with Crippen LogP contribution in [0.4, 0.5) is 11.4 Å². The van der Waals surface area contributed by atoms with Crippen LogP contribution in [0.3, 0.4) is 0 Å². The third-order valence-electron chi connectivity index (χ3n) is 3.82. The molecule has 0 saturated carbocycles. The summed E-state index contributed by atoms with van der Waals surface area (Å²) in [4.78, 5) is 24.9. The highest BCUT2D eigenvalue weighted by molar-refractivity contribution is 6.31. The monoisotopic (exact) mass is 380 g/mol. The zero-order chi connectivity index (χ0) is 19.2. The van der Waals surface area contributed by atoms with Crippen molar-refractivity contribution in [2.45, 2.75) is 0 Å². The molecule has 2 N–H and O–H groups in total. The Balaban J connectivity index is 1.75. The number of anilines is 2. The predicted octanol–water partition coefficient (Wildman–Crippen LogP) is 4.85. The van der Waals surface area contributed by atoms with E-state index in [4.69, 9.17) is 16.3 Å². The first-order valence-electron chi connectivity index (χ1n) is 8.18. The number of carbonyl (C=O) groups excluding carboxylic acids is 2. The van der Waals surface area contributed by atoms with E-state index < -0.39 is 0 Å². The first kappa shape index (κ1) is 18.5. The highest BCUT2D eigenvalue weighted by Crippen LogP contribution is 2.20. The van der Waals surface area contributed by atoms with Crippen LogP contribution < -0.4 is 15.4 Å². The van der Waals surface area contributed by atoms with Crippen molar-refractivity contribution in [3.05, 3.63) is 88.9 Å². The van der Waals surface area contributed by atoms with Crippen molar-refractivity contribution in [2.24, 2.45) is 0 Å². The van der Waals surface area contributed by atoms with Gasteiger partial charge < -0.3 is 15.4 Å². The van der Waals surface area contributed by atoms with Crippen molar-refractivity contribution in [3.63, 3.8) is 0 Å². The van der Waals surface area contributed by atoms with Crippen LogP contribution in [-0.2, 0) is 0 Å². The van der Waals surface area contributed by atoms with Crippen LogP contribution in [0.25, 0.3) is 0 Å². The van der Waals surface area contributed by atoms with Crippen LogP contribution in [0.15, 0.2) is 72.8 Å². The maximum absolute atomic E-state index is 12.5. The summed E-state index contributed by atoms with van der Waals surface area (Å²) in [6.07, 6.45) is 0. The van der Waals surface area contributed by atoms with Gasteiger partial charge in [-0.2, -0.15) is 0 Å². The molecule has 3 aromatic carbocycles. The average molecular weight is 381 g/mol. The lowest BCUT2D eigenvalue weighted by Gasteiger charge is -2.10. The Labute approximate surface area is 161 Å². The number of ether oxygens (including phenoxy) is 1. The fourth-order valence-electron chi connectivity index (χ4n) is 2.54. The molecular formula is C21H17ClN2O3. The zero-order valence-electron chi connectivity index (χ0n) is 14.5. The van der Waals surface area contributed by atoms with Gasteiger partial charge >= 0.3 is 0 Å². The summed E-state index contributed by atoms with van der Waals surface area (Å²) in [5.74, 6) is -0.143. The number of rotatable bonds is 5. The smallest absolute Gasteiger partial charge is 0.259 e. The van der Waals surface area contributed by atoms with Gasteiger partial charge in [-0.25, -0.2) is 0 Å². The average Bonchev–Trinajstić information content (AvgIpc) is 2.68. The molecule has 0 aliphatic carbocycles. The van der Waals surface area contributed by atoms with Gasteiger partial charge in [0.15, 0.2) is 0 Å². The van der Waals surface area contributed by atoms with E-state index in [0.29, 0.717) is 33.3 Å². The minimum absolute atomic E-state index is 0.300. The molecule has 0 saturated heterocycles. The molecule has 0 atom stereocenters. The summed E-state index contributed by atoms with van der Waals surface area (Å²) in [5, 5.41) is 6.09. The van der Waals surface area contributed by atoms with Gasteiger partial charge in [0.05, 0.1) is 12.7 Å². The lowest BCUT2D eigenvalue weighted by atomic mass is 10.1. The van der Waals surface area contributed by atoms with E-state index in [1.54, 1.807) is 72.8 Å². The Bertz CT molecular complexity index is 988. The first-order valence-corrected chi connectivity index (χ1v) is 8.56. The van der Waals surface area contributed by atoms with E-state index in [9.17, 15) is 9.59 Å². The topological polar surface area (TPSA) is 67.4 Å². The van der Waals surface area contributed by atoms with Crippen LogP contribution in [0, 0.1) is 0 Å². The molecule has 2 amide bonds. The molecule has 0 fully saturated rings. The summed E-state index contributed by atoms with van der Waals surface area (Å²) in [5.41, 5.74) is 1.92. The summed E-state index contributed by atoms with van der Waals surface area (Å²) in [6.45, 7) is 0. The van der Waals surface area contributed by atoms with Crippen LogP contribution in [0.1, 0.15) is 20.7 Å². The Kier molecular flexibility index (Phi) is 5.74. The van der Waals surface area contributed by atoms with Crippen molar-refractivity contribution in [1.29, 1.82) is 0 Å². The number of amides is 2. The molecule has 3 aromatic rings. The van der Waals surface area contributed by atoms with Gasteiger partial charge in [-0.3, -0.25) is 9.59 Å². The summed E-state index contributed by atoms with van der Waals surface area (Å²) in [7, 11) is 1.51. The number of benzene rings is 3. The first-order chi connectivity index (χ1) is 13.1. The summed E-state index contributed by atoms with van der Waals surface area (Å²) < 4.78 is 5.21. The number of nitrogens with one attached hydrogen (secondary N) is 2. The Morgan fingerprint density at radius 2 is 1.48 bits per heavy atom. The standard InChI is InChI=1S/C21H17ClN2O3/c1-27-19-11-3-2-10-18(19)21(26)24-16-8-4-6-14(12-16)20(25)23-17-9-5-7-15(22)13-17/h2-13H,1H3,(H,23,25)(H,24,26). The molecule has 0 aliphatic heterocycles. The van der Waals surface area contributed by atoms with Crippen molar-refractivity contribution >= 4 is 34.8 Å². The molecular weight excluding hydrogens is 364 g/mol. The molecule has 5 nitrogen and oxygen atoms in total. The second-order valence-electron chi connectivity index (χ2n) is 5.70. The van der Waals surface area contributed by atoms with E-state index in [-0.39, 0.29) is 11.8 Å². The van der Waals surface area contributed by atoms with Gasteiger partial charge in [0.25, 0.3) is 11.8 Å². The predicted molar refractivity (Wildman–Crippen MR) is 107 cm³/mol. The van der Waals surface area contributed by atoms with E-state index in [1.807, 2.05) is 0 Å². The molecule has 0 bridgehead atoms. The van der Waals surface area contributed by atoms with Crippen LogP contribution in [0.2, 0.25) is 5.02 Å². The largest absolute Gasteiger partial charge is 0.496 e. The summed E-state index contributed by atoms with van der Waals surface area (Å²) >= 11 is 5.93. The Morgan fingerprint density at radius 1 is 0.815 bits per heavy atom. The molecule has 27 heavy (non-hydrogen) atoms. The maximum atomic E-state index is 12.5. The third-order valence-corrected chi connectivity index (χ3v) is 4.05. The number of carbonyl (C=O) groups is 2. The second kappa shape index (κ2) is 8.38. The maximum Gasteiger partial charge on any atom is 0.259 e. The normalized spacial score (nSPS) is 10.1. The molecule has 0 aliphatic rings. The molecule has 0 unspecified atom stereocenters. The van der Waals surface area contributed by atoms with E-state index in [1.165, 1.54) is 7.11 Å². The number of para-hydroxylation sites is 1. The highest BCUT2D eigenvalue weighted by atomic mass is 35.5. The quantitative estimate of drug-likeness (QED) is 0.664. The number of halogens is 1. The number of hydrogen-bond donors (Lipinski definition) is 2. The van der Waals surface area contributed by atoms with Crippen molar-refractivity contribution in [2.75, 3.05) is 17.7 Å². The van der Waals surface area contributed by atoms with Gasteiger partial charge in [-0.05, 0) is 48.5 Å². The van der Waals surface area contributed by atoms with Crippen molar-refractivity contribution in [3.8, 4) is 5.75 Å². The minimum atomic E-state index is -0.320. The zero-order valence-corrected chi connectivity index (χ0v) is 15.3. The van der Waals surface area contributed by atoms with Gasteiger partial charge in [0, 0.05) is 22.0 Å². The molecule has 6 heteroatoms. The van der Waals surface area contributed by atoms with Crippen LogP contribution in [0.5, 0.6) is 5.75 Å². The molecule has 0 heterocycles. The Morgan fingerprint density at radius 3 is 2.22 bits per heavy atom. The lowest BCUT2D eigenvalue weighted by molar-refractivity contribution is 0.101. The number of methoxy groups -OCH3 is 1. The van der Waals surface area contributed by atoms with Gasteiger partial charge in [-0.1, -0.05) is 35.9 Å². The van der Waals surface area contributed by atoms with Crippen LogP contribution >= 0.6 is 11.6 Å². The van der Waals surface area contributed by atoms with E-state index >= 15 is 0 Å². The lowest BCUT2D eigenvalue weighted by Crippen LogP contribution is -2.15. The van der Waals surface area contributed by atoms with Gasteiger partial charge in [0.1, 0.15) is 5.75 Å². The van der Waals surface area contributed by atoms with E-state index in [2.05, 4.69) is 10.6 Å². The van der Waals surface area contributed by atoms with Gasteiger partial charge in [-0.15, -0.1) is 0 Å². The van der Waals surface area contributed by atoms with Crippen molar-refractivity contribution in [1.82, 2.24) is 0 Å². The number of hydrogen-bond acceptors (Lipinski definition) is 3. The third kappa shape index (κ3) is 4.65. The fourth-order valence-corrected chi connectivity index (χ4v) is 2.73. The molecule has 0 radical (unpaired) electrons. The summed E-state index contributed by atoms with van der Waals surface area (Å²) in [6, 6.07) is 20.5. The SMILES string of the molecule is COc1ccccc1C(=O)Nc1cccc(C(=O)Nc2cccc(Cl)c2)c1. The van der Waals surface area contributed by atoms with E-state index in [0.717, 1.165) is 0 Å². The molecule has 3 rings (SSSR count). The van der Waals surface area contributed by atoms with Crippen molar-refractivity contribution < 1.29 is 14.3 Å². The molecule has 0 spiro atoms. The molecule has 0 aromatic heterocycles. The highest BCUT2D eigenvalue weighted by Gasteiger charge is 2.13. The van der Waals surface area contributed by atoms with Gasteiger partial charge in [0.2, 0.25) is 0 Å². The Hall–Kier alpha value is -3.31. The molecule has 136 valence electrons.